The van der Waals surface area contributed by atoms with Gasteiger partial charge in [0.15, 0.2) is 0 Å². The van der Waals surface area contributed by atoms with E-state index in [4.69, 9.17) is 0 Å². The SMILES string of the molecule is CCC(CC)(CC)NC(=O)c1cc(Br)cnc1NC. The molecule has 0 aliphatic carbocycles. The number of nitrogens with zero attached hydrogens (tertiary/aromatic N) is 1. The third-order valence-corrected chi connectivity index (χ3v) is 4.18. The fraction of sp³-hybridized carbons (Fsp3) is 0.571. The average Bonchev–Trinajstić information content (AvgIpc) is 2.44. The van der Waals surface area contributed by atoms with Crippen LogP contribution in [0.4, 0.5) is 5.82 Å². The monoisotopic (exact) mass is 327 g/mol. The molecular formula is C14H22BrN3O. The van der Waals surface area contributed by atoms with Crippen molar-refractivity contribution in [3.8, 4) is 0 Å². The lowest BCUT2D eigenvalue weighted by molar-refractivity contribution is 0.0888. The Morgan fingerprint density at radius 2 is 1.89 bits per heavy atom. The van der Waals surface area contributed by atoms with Crippen molar-refractivity contribution in [1.82, 2.24) is 10.3 Å². The third-order valence-electron chi connectivity index (χ3n) is 3.74. The molecule has 19 heavy (non-hydrogen) atoms. The molecule has 0 atom stereocenters. The summed E-state index contributed by atoms with van der Waals surface area (Å²) in [6, 6.07) is 1.79. The summed E-state index contributed by atoms with van der Waals surface area (Å²) in [5, 5.41) is 6.11. The zero-order chi connectivity index (χ0) is 14.5. The lowest BCUT2D eigenvalue weighted by atomic mass is 9.89. The Bertz CT molecular complexity index is 436. The van der Waals surface area contributed by atoms with Gasteiger partial charge in [-0.25, -0.2) is 4.98 Å². The van der Waals surface area contributed by atoms with Gasteiger partial charge in [0.05, 0.1) is 5.56 Å². The standard InChI is InChI=1S/C14H22BrN3O/c1-5-14(6-2,7-3)18-13(19)11-8-10(15)9-17-12(11)16-4/h8-9H,5-7H2,1-4H3,(H,16,17)(H,18,19). The first-order valence-corrected chi connectivity index (χ1v) is 7.47. The molecule has 106 valence electrons. The van der Waals surface area contributed by atoms with E-state index < -0.39 is 0 Å². The van der Waals surface area contributed by atoms with E-state index >= 15 is 0 Å². The van der Waals surface area contributed by atoms with Crippen LogP contribution in [0.25, 0.3) is 0 Å². The van der Waals surface area contributed by atoms with Gasteiger partial charge < -0.3 is 10.6 Å². The van der Waals surface area contributed by atoms with Gasteiger partial charge in [0, 0.05) is 23.3 Å². The molecule has 0 aliphatic heterocycles. The van der Waals surface area contributed by atoms with Gasteiger partial charge in [-0.05, 0) is 41.3 Å². The quantitative estimate of drug-likeness (QED) is 0.839. The Kier molecular flexibility index (Phi) is 5.79. The summed E-state index contributed by atoms with van der Waals surface area (Å²) in [4.78, 5) is 16.7. The molecule has 0 spiro atoms. The topological polar surface area (TPSA) is 54.0 Å². The van der Waals surface area contributed by atoms with Crippen LogP contribution in [0.3, 0.4) is 0 Å². The minimum atomic E-state index is -0.135. The zero-order valence-electron chi connectivity index (χ0n) is 12.0. The van der Waals surface area contributed by atoms with Gasteiger partial charge in [0.2, 0.25) is 0 Å². The second-order valence-electron chi connectivity index (χ2n) is 4.59. The van der Waals surface area contributed by atoms with Crippen LogP contribution in [0.2, 0.25) is 0 Å². The number of carbonyl (C=O) groups excluding carboxylic acids is 1. The van der Waals surface area contributed by atoms with E-state index in [0.717, 1.165) is 23.7 Å². The summed E-state index contributed by atoms with van der Waals surface area (Å²) in [6.45, 7) is 6.31. The summed E-state index contributed by atoms with van der Waals surface area (Å²) in [5.41, 5.74) is 0.432. The number of amides is 1. The molecular weight excluding hydrogens is 306 g/mol. The van der Waals surface area contributed by atoms with Crippen LogP contribution >= 0.6 is 15.9 Å². The normalized spacial score (nSPS) is 11.2. The highest BCUT2D eigenvalue weighted by atomic mass is 79.9. The van der Waals surface area contributed by atoms with E-state index in [-0.39, 0.29) is 11.4 Å². The largest absolute Gasteiger partial charge is 0.372 e. The number of hydrogen-bond acceptors (Lipinski definition) is 3. The summed E-state index contributed by atoms with van der Waals surface area (Å²) < 4.78 is 0.798. The van der Waals surface area contributed by atoms with Crippen LogP contribution in [0.5, 0.6) is 0 Å². The Hall–Kier alpha value is -1.10. The number of aromatic nitrogens is 1. The number of nitrogens with one attached hydrogen (secondary N) is 2. The van der Waals surface area contributed by atoms with Crippen LogP contribution < -0.4 is 10.6 Å². The molecule has 2 N–H and O–H groups in total. The maximum atomic E-state index is 12.5. The van der Waals surface area contributed by atoms with Crippen LogP contribution in [0.1, 0.15) is 50.4 Å². The molecule has 0 radical (unpaired) electrons. The predicted molar refractivity (Wildman–Crippen MR) is 82.6 cm³/mol. The van der Waals surface area contributed by atoms with Gasteiger partial charge in [-0.15, -0.1) is 0 Å². The molecule has 1 amide bonds. The maximum Gasteiger partial charge on any atom is 0.255 e. The van der Waals surface area contributed by atoms with Crippen molar-refractivity contribution in [2.24, 2.45) is 0 Å². The second-order valence-corrected chi connectivity index (χ2v) is 5.51. The lowest BCUT2D eigenvalue weighted by Gasteiger charge is -2.32. The number of carbonyl (C=O) groups is 1. The van der Waals surface area contributed by atoms with Crippen molar-refractivity contribution in [2.75, 3.05) is 12.4 Å². The smallest absolute Gasteiger partial charge is 0.255 e. The summed E-state index contributed by atoms with van der Waals surface area (Å²) in [5.74, 6) is 0.515. The Morgan fingerprint density at radius 1 is 1.32 bits per heavy atom. The molecule has 0 saturated heterocycles. The molecule has 1 aromatic heterocycles. The molecule has 0 fully saturated rings. The number of hydrogen-bond donors (Lipinski definition) is 2. The van der Waals surface area contributed by atoms with Crippen LogP contribution in [0.15, 0.2) is 16.7 Å². The first-order valence-electron chi connectivity index (χ1n) is 6.67. The van der Waals surface area contributed by atoms with E-state index in [2.05, 4.69) is 52.3 Å². The van der Waals surface area contributed by atoms with Crippen molar-refractivity contribution in [1.29, 1.82) is 0 Å². The van der Waals surface area contributed by atoms with Crippen molar-refractivity contribution < 1.29 is 4.79 Å². The average molecular weight is 328 g/mol. The molecule has 0 saturated carbocycles. The summed E-state index contributed by atoms with van der Waals surface area (Å²) in [7, 11) is 1.76. The van der Waals surface area contributed by atoms with E-state index in [9.17, 15) is 4.79 Å². The Labute approximate surface area is 123 Å². The molecule has 0 bridgehead atoms. The van der Waals surface area contributed by atoms with Crippen LogP contribution in [-0.2, 0) is 0 Å². The number of pyridine rings is 1. The highest BCUT2D eigenvalue weighted by Crippen LogP contribution is 2.22. The maximum absolute atomic E-state index is 12.5. The van der Waals surface area contributed by atoms with E-state index in [0.29, 0.717) is 11.4 Å². The number of halogens is 1. The number of anilines is 1. The highest BCUT2D eigenvalue weighted by molar-refractivity contribution is 9.10. The molecule has 1 aromatic rings. The van der Waals surface area contributed by atoms with Gasteiger partial charge in [-0.2, -0.15) is 0 Å². The van der Waals surface area contributed by atoms with E-state index in [1.165, 1.54) is 0 Å². The molecule has 0 aromatic carbocycles. The van der Waals surface area contributed by atoms with Crippen molar-refractivity contribution in [3.63, 3.8) is 0 Å². The van der Waals surface area contributed by atoms with E-state index in [1.54, 1.807) is 19.3 Å². The van der Waals surface area contributed by atoms with Crippen LogP contribution in [0, 0.1) is 0 Å². The fourth-order valence-corrected chi connectivity index (χ4v) is 2.47. The molecule has 1 rings (SSSR count). The highest BCUT2D eigenvalue weighted by Gasteiger charge is 2.27. The Morgan fingerprint density at radius 3 is 2.37 bits per heavy atom. The van der Waals surface area contributed by atoms with Gasteiger partial charge in [-0.1, -0.05) is 20.8 Å². The first kappa shape index (κ1) is 16.0. The molecule has 0 unspecified atom stereocenters. The lowest BCUT2D eigenvalue weighted by Crippen LogP contribution is -2.47. The Balaban J connectivity index is 3.03. The summed E-state index contributed by atoms with van der Waals surface area (Å²) >= 11 is 3.35. The fourth-order valence-electron chi connectivity index (χ4n) is 2.13. The molecule has 1 heterocycles. The molecule has 5 heteroatoms. The molecule has 0 aliphatic rings. The first-order chi connectivity index (χ1) is 9.01. The van der Waals surface area contributed by atoms with Crippen molar-refractivity contribution >= 4 is 27.7 Å². The number of rotatable bonds is 6. The minimum Gasteiger partial charge on any atom is -0.372 e. The second kappa shape index (κ2) is 6.89. The van der Waals surface area contributed by atoms with Gasteiger partial charge in [-0.3, -0.25) is 4.79 Å². The van der Waals surface area contributed by atoms with Crippen molar-refractivity contribution in [2.45, 2.75) is 45.6 Å². The van der Waals surface area contributed by atoms with Gasteiger partial charge in [0.1, 0.15) is 5.82 Å². The molecule has 4 nitrogen and oxygen atoms in total. The summed E-state index contributed by atoms with van der Waals surface area (Å²) in [6.07, 6.45) is 4.43. The predicted octanol–water partition coefficient (Wildman–Crippen LogP) is 3.58. The van der Waals surface area contributed by atoms with Gasteiger partial charge in [0.25, 0.3) is 5.91 Å². The van der Waals surface area contributed by atoms with Gasteiger partial charge >= 0.3 is 0 Å². The van der Waals surface area contributed by atoms with Crippen LogP contribution in [-0.4, -0.2) is 23.5 Å². The zero-order valence-corrected chi connectivity index (χ0v) is 13.6. The third kappa shape index (κ3) is 3.69. The van der Waals surface area contributed by atoms with E-state index in [1.807, 2.05) is 0 Å². The minimum absolute atomic E-state index is 0.0799. The van der Waals surface area contributed by atoms with Crippen molar-refractivity contribution in [3.05, 3.63) is 22.3 Å².